The van der Waals surface area contributed by atoms with Gasteiger partial charge >= 0.3 is 0 Å². The van der Waals surface area contributed by atoms with Gasteiger partial charge in [0.25, 0.3) is 0 Å². The Morgan fingerprint density at radius 3 is 2.54 bits per heavy atom. The van der Waals surface area contributed by atoms with E-state index in [1.165, 1.54) is 12.0 Å². The van der Waals surface area contributed by atoms with E-state index in [1.807, 2.05) is 6.07 Å². The van der Waals surface area contributed by atoms with Crippen molar-refractivity contribution in [1.29, 1.82) is 0 Å². The molecule has 2 rings (SSSR count). The van der Waals surface area contributed by atoms with Crippen LogP contribution in [0.1, 0.15) is 31.7 Å². The smallest absolute Gasteiger partial charge is 0.0412 e. The van der Waals surface area contributed by atoms with Crippen LogP contribution in [0, 0.1) is 5.92 Å². The quantitative estimate of drug-likeness (QED) is 0.697. The lowest BCUT2D eigenvalue weighted by atomic mass is 9.89. The molecule has 0 radical (unpaired) electrons. The Balaban J connectivity index is 2.26. The van der Waals surface area contributed by atoms with Gasteiger partial charge in [-0.05, 0) is 30.7 Å². The van der Waals surface area contributed by atoms with E-state index in [0.717, 1.165) is 18.8 Å². The summed E-state index contributed by atoms with van der Waals surface area (Å²) in [7, 11) is 0. The fraction of sp³-hybridized carbons (Fsp3) is 0.500. The van der Waals surface area contributed by atoms with Gasteiger partial charge in [0.2, 0.25) is 0 Å². The van der Waals surface area contributed by atoms with Crippen LogP contribution in [-0.4, -0.2) is 0 Å². The number of nitrogens with two attached hydrogens (primary N) is 1. The summed E-state index contributed by atoms with van der Waals surface area (Å²) in [6.07, 6.45) is 3.54. The Bertz CT molecular complexity index is 280. The molecule has 1 nitrogen and oxygen atoms in total. The minimum atomic E-state index is -0.0410. The zero-order valence-electron chi connectivity index (χ0n) is 8.16. The van der Waals surface area contributed by atoms with Crippen LogP contribution >= 0.6 is 0 Å². The average molecular weight is 175 g/mol. The molecular weight excluding hydrogens is 158 g/mol. The number of benzene rings is 1. The summed E-state index contributed by atoms with van der Waals surface area (Å²) in [6, 6.07) is 10.5. The maximum absolute atomic E-state index is 6.37. The summed E-state index contributed by atoms with van der Waals surface area (Å²) in [4.78, 5) is 0. The first-order valence-corrected chi connectivity index (χ1v) is 5.05. The van der Waals surface area contributed by atoms with E-state index in [1.54, 1.807) is 0 Å². The van der Waals surface area contributed by atoms with E-state index in [9.17, 15) is 0 Å². The van der Waals surface area contributed by atoms with Gasteiger partial charge in [-0.1, -0.05) is 37.3 Å². The Morgan fingerprint density at radius 1 is 1.31 bits per heavy atom. The van der Waals surface area contributed by atoms with Crippen molar-refractivity contribution in [2.75, 3.05) is 0 Å². The summed E-state index contributed by atoms with van der Waals surface area (Å²) in [5.41, 5.74) is 7.63. The Labute approximate surface area is 80.0 Å². The van der Waals surface area contributed by atoms with E-state index in [-0.39, 0.29) is 5.54 Å². The second kappa shape index (κ2) is 3.15. The lowest BCUT2D eigenvalue weighted by molar-refractivity contribution is 0.440. The highest BCUT2D eigenvalue weighted by atomic mass is 14.8. The van der Waals surface area contributed by atoms with Gasteiger partial charge in [-0.25, -0.2) is 0 Å². The van der Waals surface area contributed by atoms with Crippen molar-refractivity contribution in [2.45, 2.75) is 31.7 Å². The number of hydrogen-bond acceptors (Lipinski definition) is 1. The van der Waals surface area contributed by atoms with Gasteiger partial charge in [-0.3, -0.25) is 0 Å². The summed E-state index contributed by atoms with van der Waals surface area (Å²) in [6.45, 7) is 2.29. The maximum atomic E-state index is 6.37. The highest BCUT2D eigenvalue weighted by Gasteiger charge is 2.34. The third-order valence-corrected chi connectivity index (χ3v) is 3.14. The molecule has 2 N–H and O–H groups in total. The van der Waals surface area contributed by atoms with E-state index < -0.39 is 0 Å². The monoisotopic (exact) mass is 175 g/mol. The molecule has 0 spiro atoms. The standard InChI is InChI=1S/C12H17N/c1-10-7-8-12(13,9-10)11-5-3-2-4-6-11/h2-6,10H,7-9,13H2,1H3. The summed E-state index contributed by atoms with van der Waals surface area (Å²) < 4.78 is 0. The van der Waals surface area contributed by atoms with E-state index in [0.29, 0.717) is 0 Å². The Hall–Kier alpha value is -0.820. The Morgan fingerprint density at radius 2 is 2.00 bits per heavy atom. The van der Waals surface area contributed by atoms with E-state index in [4.69, 9.17) is 5.73 Å². The lowest BCUT2D eigenvalue weighted by Crippen LogP contribution is -2.33. The number of rotatable bonds is 1. The number of hydrogen-bond donors (Lipinski definition) is 1. The van der Waals surface area contributed by atoms with Crippen LogP contribution < -0.4 is 5.73 Å². The fourth-order valence-corrected chi connectivity index (χ4v) is 2.36. The van der Waals surface area contributed by atoms with Gasteiger partial charge in [0, 0.05) is 5.54 Å². The first-order chi connectivity index (χ1) is 6.21. The van der Waals surface area contributed by atoms with Crippen LogP contribution in [0.3, 0.4) is 0 Å². The molecule has 0 heterocycles. The van der Waals surface area contributed by atoms with Crippen molar-refractivity contribution in [3.8, 4) is 0 Å². The molecule has 70 valence electrons. The van der Waals surface area contributed by atoms with E-state index in [2.05, 4.69) is 31.2 Å². The molecule has 1 heteroatoms. The molecule has 0 amide bonds. The molecule has 0 saturated heterocycles. The minimum absolute atomic E-state index is 0.0410. The minimum Gasteiger partial charge on any atom is -0.321 e. The van der Waals surface area contributed by atoms with Crippen molar-refractivity contribution < 1.29 is 0 Å². The van der Waals surface area contributed by atoms with Gasteiger partial charge in [-0.2, -0.15) is 0 Å². The molecule has 13 heavy (non-hydrogen) atoms. The maximum Gasteiger partial charge on any atom is 0.0412 e. The van der Waals surface area contributed by atoms with Crippen LogP contribution in [-0.2, 0) is 5.54 Å². The summed E-state index contributed by atoms with van der Waals surface area (Å²) in [5.74, 6) is 0.783. The van der Waals surface area contributed by atoms with Gasteiger partial charge < -0.3 is 5.73 Å². The third-order valence-electron chi connectivity index (χ3n) is 3.14. The first-order valence-electron chi connectivity index (χ1n) is 5.05. The van der Waals surface area contributed by atoms with Crippen molar-refractivity contribution in [3.63, 3.8) is 0 Å². The normalized spacial score (nSPS) is 33.5. The molecule has 2 atom stereocenters. The van der Waals surface area contributed by atoms with Gasteiger partial charge in [-0.15, -0.1) is 0 Å². The predicted molar refractivity (Wildman–Crippen MR) is 55.3 cm³/mol. The lowest BCUT2D eigenvalue weighted by Gasteiger charge is -2.24. The topological polar surface area (TPSA) is 26.0 Å². The molecule has 0 bridgehead atoms. The molecule has 1 saturated carbocycles. The second-order valence-electron chi connectivity index (χ2n) is 4.37. The Kier molecular flexibility index (Phi) is 2.12. The highest BCUT2D eigenvalue weighted by Crippen LogP contribution is 2.39. The average Bonchev–Trinajstić information content (AvgIpc) is 2.49. The zero-order valence-corrected chi connectivity index (χ0v) is 8.16. The summed E-state index contributed by atoms with van der Waals surface area (Å²) >= 11 is 0. The predicted octanol–water partition coefficient (Wildman–Crippen LogP) is 2.66. The van der Waals surface area contributed by atoms with Crippen LogP contribution in [0.2, 0.25) is 0 Å². The van der Waals surface area contributed by atoms with Crippen LogP contribution in [0.15, 0.2) is 30.3 Å². The molecule has 1 aliphatic rings. The molecule has 1 aliphatic carbocycles. The molecular formula is C12H17N. The van der Waals surface area contributed by atoms with Crippen molar-refractivity contribution >= 4 is 0 Å². The molecule has 2 unspecified atom stereocenters. The van der Waals surface area contributed by atoms with Gasteiger partial charge in [0.05, 0.1) is 0 Å². The molecule has 1 fully saturated rings. The van der Waals surface area contributed by atoms with Crippen LogP contribution in [0.4, 0.5) is 0 Å². The van der Waals surface area contributed by atoms with Crippen molar-refractivity contribution in [3.05, 3.63) is 35.9 Å². The molecule has 1 aromatic carbocycles. The van der Waals surface area contributed by atoms with Crippen molar-refractivity contribution in [2.24, 2.45) is 11.7 Å². The molecule has 0 aliphatic heterocycles. The van der Waals surface area contributed by atoms with E-state index >= 15 is 0 Å². The highest BCUT2D eigenvalue weighted by molar-refractivity contribution is 5.25. The molecule has 1 aromatic rings. The van der Waals surface area contributed by atoms with Crippen molar-refractivity contribution in [1.82, 2.24) is 0 Å². The summed E-state index contributed by atoms with van der Waals surface area (Å²) in [5, 5.41) is 0. The van der Waals surface area contributed by atoms with Gasteiger partial charge in [0.1, 0.15) is 0 Å². The first kappa shape index (κ1) is 8.76. The fourth-order valence-electron chi connectivity index (χ4n) is 2.36. The van der Waals surface area contributed by atoms with Crippen LogP contribution in [0.5, 0.6) is 0 Å². The zero-order chi connectivity index (χ0) is 9.31. The van der Waals surface area contributed by atoms with Crippen LogP contribution in [0.25, 0.3) is 0 Å². The van der Waals surface area contributed by atoms with Gasteiger partial charge in [0.15, 0.2) is 0 Å². The third kappa shape index (κ3) is 1.61. The second-order valence-corrected chi connectivity index (χ2v) is 4.37. The molecule has 0 aromatic heterocycles. The largest absolute Gasteiger partial charge is 0.321 e. The SMILES string of the molecule is CC1CCC(N)(c2ccccc2)C1.